The second kappa shape index (κ2) is 6.91. The van der Waals surface area contributed by atoms with Crippen LogP contribution in [-0.4, -0.2) is 24.7 Å². The number of nitrogens with zero attached hydrogens (tertiary/aromatic N) is 1. The molecular formula is C16H20N2O2S. The van der Waals surface area contributed by atoms with Crippen LogP contribution in [0.5, 0.6) is 11.5 Å². The van der Waals surface area contributed by atoms with Crippen molar-refractivity contribution in [1.82, 2.24) is 10.3 Å². The topological polar surface area (TPSA) is 43.4 Å². The fourth-order valence-corrected chi connectivity index (χ4v) is 3.12. The first-order valence-electron chi connectivity index (χ1n) is 7.40. The third-order valence-corrected chi connectivity index (χ3v) is 4.28. The van der Waals surface area contributed by atoms with Crippen LogP contribution in [0.25, 0.3) is 0 Å². The van der Waals surface area contributed by atoms with Crippen LogP contribution in [0.15, 0.2) is 29.9 Å². The number of benzene rings is 1. The van der Waals surface area contributed by atoms with Gasteiger partial charge in [-0.05, 0) is 30.7 Å². The minimum Gasteiger partial charge on any atom is -0.490 e. The first kappa shape index (κ1) is 14.4. The largest absolute Gasteiger partial charge is 0.490 e. The number of hydrogen-bond acceptors (Lipinski definition) is 5. The smallest absolute Gasteiger partial charge is 0.161 e. The molecule has 0 radical (unpaired) electrons. The van der Waals surface area contributed by atoms with Gasteiger partial charge in [0, 0.05) is 17.5 Å². The highest BCUT2D eigenvalue weighted by molar-refractivity contribution is 7.09. The maximum atomic E-state index is 5.80. The second-order valence-corrected chi connectivity index (χ2v) is 5.97. The van der Waals surface area contributed by atoms with E-state index >= 15 is 0 Å². The summed E-state index contributed by atoms with van der Waals surface area (Å²) in [6.07, 6.45) is 3.96. The lowest BCUT2D eigenvalue weighted by atomic mass is 10.0. The second-order valence-electron chi connectivity index (χ2n) is 5.05. The molecule has 5 heteroatoms. The fourth-order valence-electron chi connectivity index (χ4n) is 2.40. The highest BCUT2D eigenvalue weighted by Crippen LogP contribution is 2.34. The Morgan fingerprint density at radius 1 is 1.29 bits per heavy atom. The molecule has 1 aliphatic rings. The minimum absolute atomic E-state index is 0.162. The zero-order chi connectivity index (χ0) is 14.5. The summed E-state index contributed by atoms with van der Waals surface area (Å²) in [7, 11) is 0. The summed E-state index contributed by atoms with van der Waals surface area (Å²) in [6, 6.07) is 6.38. The predicted molar refractivity (Wildman–Crippen MR) is 84.3 cm³/mol. The van der Waals surface area contributed by atoms with Crippen LogP contribution in [-0.2, 0) is 0 Å². The molecule has 1 atom stereocenters. The van der Waals surface area contributed by atoms with E-state index in [0.717, 1.165) is 37.5 Å². The Kier molecular flexibility index (Phi) is 4.72. The molecule has 4 nitrogen and oxygen atoms in total. The molecule has 0 aliphatic carbocycles. The van der Waals surface area contributed by atoms with Gasteiger partial charge in [0.1, 0.15) is 0 Å². The van der Waals surface area contributed by atoms with Crippen molar-refractivity contribution in [2.75, 3.05) is 19.8 Å². The van der Waals surface area contributed by atoms with Crippen molar-refractivity contribution in [2.24, 2.45) is 0 Å². The molecule has 0 saturated heterocycles. The molecular weight excluding hydrogens is 284 g/mol. The average molecular weight is 304 g/mol. The van der Waals surface area contributed by atoms with E-state index in [1.165, 1.54) is 10.4 Å². The first-order chi connectivity index (χ1) is 10.4. The van der Waals surface area contributed by atoms with E-state index in [2.05, 4.69) is 29.4 Å². The molecule has 2 aromatic rings. The summed E-state index contributed by atoms with van der Waals surface area (Å²) < 4.78 is 11.5. The van der Waals surface area contributed by atoms with Gasteiger partial charge in [0.05, 0.1) is 24.8 Å². The molecule has 1 N–H and O–H groups in total. The van der Waals surface area contributed by atoms with Gasteiger partial charge in [0.15, 0.2) is 11.5 Å². The van der Waals surface area contributed by atoms with Gasteiger partial charge >= 0.3 is 0 Å². The molecule has 0 bridgehead atoms. The highest BCUT2D eigenvalue weighted by atomic mass is 32.1. The molecule has 0 fully saturated rings. The molecule has 0 spiro atoms. The third kappa shape index (κ3) is 3.36. The normalized spacial score (nSPS) is 15.5. The van der Waals surface area contributed by atoms with E-state index in [-0.39, 0.29) is 6.04 Å². The highest BCUT2D eigenvalue weighted by Gasteiger charge is 2.18. The summed E-state index contributed by atoms with van der Waals surface area (Å²) in [6.45, 7) is 4.57. The Hall–Kier alpha value is -1.59. The summed E-state index contributed by atoms with van der Waals surface area (Å²) in [4.78, 5) is 5.42. The van der Waals surface area contributed by atoms with Crippen molar-refractivity contribution in [3.05, 3.63) is 40.3 Å². The third-order valence-electron chi connectivity index (χ3n) is 3.44. The quantitative estimate of drug-likeness (QED) is 0.919. The number of fused-ring (bicyclic) bond motifs is 1. The summed E-state index contributed by atoms with van der Waals surface area (Å²) in [5.74, 6) is 1.69. The molecule has 1 unspecified atom stereocenters. The zero-order valence-electron chi connectivity index (χ0n) is 12.2. The van der Waals surface area contributed by atoms with E-state index in [1.54, 1.807) is 11.3 Å². The van der Waals surface area contributed by atoms with Crippen molar-refractivity contribution >= 4 is 11.3 Å². The Labute approximate surface area is 129 Å². The molecule has 0 saturated carbocycles. The van der Waals surface area contributed by atoms with E-state index in [4.69, 9.17) is 9.47 Å². The summed E-state index contributed by atoms with van der Waals surface area (Å²) >= 11 is 1.67. The number of aromatic nitrogens is 1. The van der Waals surface area contributed by atoms with Gasteiger partial charge in [0.2, 0.25) is 0 Å². The fraction of sp³-hybridized carbons (Fsp3) is 0.438. The van der Waals surface area contributed by atoms with E-state index < -0.39 is 0 Å². The minimum atomic E-state index is 0.162. The van der Waals surface area contributed by atoms with Crippen molar-refractivity contribution in [3.8, 4) is 11.5 Å². The van der Waals surface area contributed by atoms with Crippen molar-refractivity contribution < 1.29 is 9.47 Å². The van der Waals surface area contributed by atoms with Gasteiger partial charge in [-0.3, -0.25) is 4.98 Å². The SMILES string of the molecule is CCCNC(c1ccc2c(c1)OCCCO2)c1cncs1. The predicted octanol–water partition coefficient (Wildman–Crippen LogP) is 3.39. The van der Waals surface area contributed by atoms with Crippen LogP contribution < -0.4 is 14.8 Å². The van der Waals surface area contributed by atoms with E-state index in [9.17, 15) is 0 Å². The number of hydrogen-bond donors (Lipinski definition) is 1. The van der Waals surface area contributed by atoms with E-state index in [1.807, 2.05) is 17.8 Å². The van der Waals surface area contributed by atoms with Crippen molar-refractivity contribution in [1.29, 1.82) is 0 Å². The van der Waals surface area contributed by atoms with Crippen LogP contribution in [0, 0.1) is 0 Å². The number of nitrogens with one attached hydrogen (secondary N) is 1. The molecule has 1 aliphatic heterocycles. The number of thiazole rings is 1. The van der Waals surface area contributed by atoms with Crippen molar-refractivity contribution in [2.45, 2.75) is 25.8 Å². The molecule has 3 rings (SSSR count). The molecule has 0 amide bonds. The van der Waals surface area contributed by atoms with Gasteiger partial charge in [0.25, 0.3) is 0 Å². The van der Waals surface area contributed by atoms with Gasteiger partial charge in [-0.2, -0.15) is 0 Å². The van der Waals surface area contributed by atoms with Gasteiger partial charge in [-0.1, -0.05) is 13.0 Å². The van der Waals surface area contributed by atoms with Gasteiger partial charge < -0.3 is 14.8 Å². The standard InChI is InChI=1S/C16H20N2O2S/c1-2-6-18-16(15-10-17-11-21-15)12-4-5-13-14(9-12)20-8-3-7-19-13/h4-5,9-11,16,18H,2-3,6-8H2,1H3. The molecule has 1 aromatic carbocycles. The Bertz CT molecular complexity index is 572. The van der Waals surface area contributed by atoms with Crippen LogP contribution in [0.4, 0.5) is 0 Å². The summed E-state index contributed by atoms with van der Waals surface area (Å²) in [5, 5.41) is 3.58. The van der Waals surface area contributed by atoms with Crippen LogP contribution in [0.3, 0.4) is 0 Å². The Morgan fingerprint density at radius 3 is 2.90 bits per heavy atom. The average Bonchev–Trinajstić information content (AvgIpc) is 2.93. The van der Waals surface area contributed by atoms with Crippen LogP contribution in [0.2, 0.25) is 0 Å². The zero-order valence-corrected chi connectivity index (χ0v) is 13.0. The molecule has 21 heavy (non-hydrogen) atoms. The lowest BCUT2D eigenvalue weighted by Crippen LogP contribution is -2.22. The molecule has 1 aromatic heterocycles. The maximum absolute atomic E-state index is 5.80. The van der Waals surface area contributed by atoms with Gasteiger partial charge in [-0.25, -0.2) is 0 Å². The van der Waals surface area contributed by atoms with Crippen LogP contribution in [0.1, 0.15) is 36.2 Å². The Balaban J connectivity index is 1.90. The number of rotatable bonds is 5. The lowest BCUT2D eigenvalue weighted by Gasteiger charge is -2.19. The molecule has 112 valence electrons. The number of ether oxygens (including phenoxy) is 2. The maximum Gasteiger partial charge on any atom is 0.161 e. The Morgan fingerprint density at radius 2 is 2.14 bits per heavy atom. The first-order valence-corrected chi connectivity index (χ1v) is 8.27. The van der Waals surface area contributed by atoms with E-state index in [0.29, 0.717) is 6.61 Å². The monoisotopic (exact) mass is 304 g/mol. The molecule has 2 heterocycles. The van der Waals surface area contributed by atoms with Gasteiger partial charge in [-0.15, -0.1) is 11.3 Å². The van der Waals surface area contributed by atoms with Crippen LogP contribution >= 0.6 is 11.3 Å². The lowest BCUT2D eigenvalue weighted by molar-refractivity contribution is 0.297. The van der Waals surface area contributed by atoms with Crippen molar-refractivity contribution in [3.63, 3.8) is 0 Å². The summed E-state index contributed by atoms with van der Waals surface area (Å²) in [5.41, 5.74) is 3.07.